The van der Waals surface area contributed by atoms with E-state index in [0.29, 0.717) is 18.7 Å². The molecule has 0 aromatic heterocycles. The molecule has 0 radical (unpaired) electrons. The Balaban J connectivity index is 2.25. The van der Waals surface area contributed by atoms with Crippen LogP contribution in [-0.4, -0.2) is 55.1 Å². The molecule has 1 aliphatic rings. The highest BCUT2D eigenvalue weighted by Crippen LogP contribution is 2.23. The first-order valence-corrected chi connectivity index (χ1v) is 6.54. The molecular weight excluding hydrogens is 258 g/mol. The maximum absolute atomic E-state index is 12.0. The first-order valence-electron chi connectivity index (χ1n) is 6.54. The molecule has 1 aliphatic heterocycles. The fourth-order valence-corrected chi connectivity index (χ4v) is 2.35. The Hall–Kier alpha value is -1.92. The summed E-state index contributed by atoms with van der Waals surface area (Å²) in [5, 5.41) is 9.15. The number of carbonyl (C=O) groups is 2. The number of hydrogen-bond acceptors (Lipinski definition) is 4. The summed E-state index contributed by atoms with van der Waals surface area (Å²) in [5.41, 5.74) is 6.88. The van der Waals surface area contributed by atoms with Gasteiger partial charge in [0, 0.05) is 25.3 Å². The Kier molecular flexibility index (Phi) is 4.36. The van der Waals surface area contributed by atoms with E-state index >= 15 is 0 Å². The summed E-state index contributed by atoms with van der Waals surface area (Å²) in [4.78, 5) is 26.8. The van der Waals surface area contributed by atoms with Crippen LogP contribution < -0.4 is 10.6 Å². The van der Waals surface area contributed by atoms with Gasteiger partial charge in [0.15, 0.2) is 0 Å². The highest BCUT2D eigenvalue weighted by Gasteiger charge is 2.24. The van der Waals surface area contributed by atoms with Gasteiger partial charge in [-0.2, -0.15) is 0 Å². The van der Waals surface area contributed by atoms with Gasteiger partial charge in [-0.3, -0.25) is 14.5 Å². The molecule has 1 heterocycles. The number of rotatable bonds is 4. The molecule has 6 nitrogen and oxygen atoms in total. The zero-order valence-electron chi connectivity index (χ0n) is 11.5. The van der Waals surface area contributed by atoms with Crippen LogP contribution in [0.5, 0.6) is 0 Å². The van der Waals surface area contributed by atoms with Crippen LogP contribution in [0.15, 0.2) is 24.3 Å². The van der Waals surface area contributed by atoms with Gasteiger partial charge in [0.25, 0.3) is 0 Å². The number of carbonyl (C=O) groups excluding carboxylic acids is 1. The first-order chi connectivity index (χ1) is 9.52. The van der Waals surface area contributed by atoms with Crippen LogP contribution >= 0.6 is 0 Å². The van der Waals surface area contributed by atoms with Crippen LogP contribution in [-0.2, 0) is 9.59 Å². The Bertz CT molecular complexity index is 518. The van der Waals surface area contributed by atoms with Gasteiger partial charge in [0.05, 0.1) is 12.5 Å². The van der Waals surface area contributed by atoms with E-state index in [1.165, 1.54) is 0 Å². The Morgan fingerprint density at radius 2 is 2.20 bits per heavy atom. The van der Waals surface area contributed by atoms with Gasteiger partial charge in [-0.15, -0.1) is 0 Å². The Labute approximate surface area is 117 Å². The molecule has 0 saturated carbocycles. The van der Waals surface area contributed by atoms with E-state index in [4.69, 9.17) is 10.8 Å². The second-order valence-corrected chi connectivity index (χ2v) is 5.00. The van der Waals surface area contributed by atoms with Gasteiger partial charge < -0.3 is 15.7 Å². The number of nitrogens with two attached hydrogens (primary N) is 1. The van der Waals surface area contributed by atoms with Gasteiger partial charge in [0.2, 0.25) is 5.91 Å². The molecule has 1 amide bonds. The molecule has 1 saturated heterocycles. The molecule has 0 aliphatic carbocycles. The number of nitrogens with zero attached hydrogens (tertiary/aromatic N) is 2. The molecule has 1 unspecified atom stereocenters. The van der Waals surface area contributed by atoms with Crippen molar-refractivity contribution in [1.82, 2.24) is 4.90 Å². The fraction of sp³-hybridized carbons (Fsp3) is 0.429. The van der Waals surface area contributed by atoms with Crippen molar-refractivity contribution in [3.63, 3.8) is 0 Å². The maximum atomic E-state index is 12.0. The predicted molar refractivity (Wildman–Crippen MR) is 75.7 cm³/mol. The first kappa shape index (κ1) is 14.5. The SMILES string of the molecule is CN1CCN(c2cccc(C(CN)C(=O)O)c2)C(=O)C1. The lowest BCUT2D eigenvalue weighted by Gasteiger charge is -2.32. The van der Waals surface area contributed by atoms with E-state index in [1.54, 1.807) is 23.1 Å². The number of amides is 1. The highest BCUT2D eigenvalue weighted by molar-refractivity contribution is 5.95. The zero-order chi connectivity index (χ0) is 14.7. The van der Waals surface area contributed by atoms with Gasteiger partial charge in [-0.25, -0.2) is 0 Å². The molecule has 1 aromatic rings. The number of hydrogen-bond donors (Lipinski definition) is 2. The van der Waals surface area contributed by atoms with Gasteiger partial charge in [-0.1, -0.05) is 12.1 Å². The molecule has 20 heavy (non-hydrogen) atoms. The summed E-state index contributed by atoms with van der Waals surface area (Å²) in [6, 6.07) is 7.06. The standard InChI is InChI=1S/C14H19N3O3/c1-16-5-6-17(13(18)9-16)11-4-2-3-10(7-11)12(8-15)14(19)20/h2-4,7,12H,5-6,8-9,15H2,1H3,(H,19,20). The maximum Gasteiger partial charge on any atom is 0.312 e. The smallest absolute Gasteiger partial charge is 0.312 e. The number of anilines is 1. The topological polar surface area (TPSA) is 86.9 Å². The molecule has 3 N–H and O–H groups in total. The average molecular weight is 277 g/mol. The third-order valence-corrected chi connectivity index (χ3v) is 3.53. The van der Waals surface area contributed by atoms with Crippen molar-refractivity contribution in [1.29, 1.82) is 0 Å². The monoisotopic (exact) mass is 277 g/mol. The van der Waals surface area contributed by atoms with E-state index in [9.17, 15) is 9.59 Å². The number of piperazine rings is 1. The van der Waals surface area contributed by atoms with Crippen LogP contribution in [0.3, 0.4) is 0 Å². The number of likely N-dealkylation sites (N-methyl/N-ethyl adjacent to an activating group) is 1. The third-order valence-electron chi connectivity index (χ3n) is 3.53. The van der Waals surface area contributed by atoms with Crippen molar-refractivity contribution < 1.29 is 14.7 Å². The lowest BCUT2D eigenvalue weighted by atomic mass is 9.98. The van der Waals surface area contributed by atoms with Crippen molar-refractivity contribution in [2.45, 2.75) is 5.92 Å². The van der Waals surface area contributed by atoms with Crippen molar-refractivity contribution in [2.75, 3.05) is 38.1 Å². The van der Waals surface area contributed by atoms with E-state index in [1.807, 2.05) is 18.0 Å². The summed E-state index contributed by atoms with van der Waals surface area (Å²) in [7, 11) is 1.90. The fourth-order valence-electron chi connectivity index (χ4n) is 2.35. The van der Waals surface area contributed by atoms with Crippen LogP contribution in [0.1, 0.15) is 11.5 Å². The molecule has 1 atom stereocenters. The quantitative estimate of drug-likeness (QED) is 0.814. The lowest BCUT2D eigenvalue weighted by Crippen LogP contribution is -2.48. The minimum atomic E-state index is -0.950. The number of carboxylic acid groups (broad SMARTS) is 1. The van der Waals surface area contributed by atoms with Crippen LogP contribution in [0.25, 0.3) is 0 Å². The normalized spacial score (nSPS) is 18.1. The minimum Gasteiger partial charge on any atom is -0.481 e. The molecule has 1 aromatic carbocycles. The zero-order valence-corrected chi connectivity index (χ0v) is 11.5. The third kappa shape index (κ3) is 2.97. The Morgan fingerprint density at radius 3 is 2.80 bits per heavy atom. The van der Waals surface area contributed by atoms with Crippen LogP contribution in [0.4, 0.5) is 5.69 Å². The average Bonchev–Trinajstić information content (AvgIpc) is 2.39. The molecule has 0 spiro atoms. The Morgan fingerprint density at radius 1 is 1.45 bits per heavy atom. The highest BCUT2D eigenvalue weighted by atomic mass is 16.4. The van der Waals surface area contributed by atoms with Gasteiger partial charge in [0.1, 0.15) is 0 Å². The largest absolute Gasteiger partial charge is 0.481 e. The van der Waals surface area contributed by atoms with Crippen molar-refractivity contribution in [3.8, 4) is 0 Å². The lowest BCUT2D eigenvalue weighted by molar-refractivity contribution is -0.138. The summed E-state index contributed by atoms with van der Waals surface area (Å²) in [6.07, 6.45) is 0. The summed E-state index contributed by atoms with van der Waals surface area (Å²) >= 11 is 0. The van der Waals surface area contributed by atoms with Crippen molar-refractivity contribution in [3.05, 3.63) is 29.8 Å². The summed E-state index contributed by atoms with van der Waals surface area (Å²) in [6.45, 7) is 1.83. The van der Waals surface area contributed by atoms with E-state index in [2.05, 4.69) is 0 Å². The predicted octanol–water partition coefficient (Wildman–Crippen LogP) is 0.0919. The molecule has 1 fully saturated rings. The van der Waals surface area contributed by atoms with Crippen LogP contribution in [0, 0.1) is 0 Å². The van der Waals surface area contributed by atoms with E-state index < -0.39 is 11.9 Å². The molecule has 0 bridgehead atoms. The summed E-state index contributed by atoms with van der Waals surface area (Å²) in [5.74, 6) is -1.66. The summed E-state index contributed by atoms with van der Waals surface area (Å²) < 4.78 is 0. The van der Waals surface area contributed by atoms with Crippen molar-refractivity contribution >= 4 is 17.6 Å². The second-order valence-electron chi connectivity index (χ2n) is 5.00. The van der Waals surface area contributed by atoms with E-state index in [-0.39, 0.29) is 12.5 Å². The van der Waals surface area contributed by atoms with Crippen molar-refractivity contribution in [2.24, 2.45) is 5.73 Å². The molecule has 6 heteroatoms. The van der Waals surface area contributed by atoms with E-state index in [0.717, 1.165) is 12.2 Å². The minimum absolute atomic E-state index is 0.0236. The number of carboxylic acids is 1. The second kappa shape index (κ2) is 6.02. The van der Waals surface area contributed by atoms with Crippen LogP contribution in [0.2, 0.25) is 0 Å². The molecule has 108 valence electrons. The number of aliphatic carboxylic acids is 1. The molecule has 2 rings (SSSR count). The van der Waals surface area contributed by atoms with Gasteiger partial charge >= 0.3 is 5.97 Å². The van der Waals surface area contributed by atoms with Gasteiger partial charge in [-0.05, 0) is 24.7 Å². The molecular formula is C14H19N3O3. The number of benzene rings is 1.